The molecule has 3 aromatic rings. The van der Waals surface area contributed by atoms with Crippen molar-refractivity contribution in [3.05, 3.63) is 124 Å². The van der Waals surface area contributed by atoms with Crippen LogP contribution in [0.5, 0.6) is 5.75 Å². The highest BCUT2D eigenvalue weighted by Gasteiger charge is 2.53. The minimum atomic E-state index is -1.36. The van der Waals surface area contributed by atoms with Crippen LogP contribution < -0.4 is 15.6 Å². The van der Waals surface area contributed by atoms with Crippen LogP contribution in [0, 0.1) is 0 Å². The van der Waals surface area contributed by atoms with Crippen molar-refractivity contribution in [2.45, 2.75) is 50.3 Å². The number of rotatable bonds is 17. The van der Waals surface area contributed by atoms with Crippen molar-refractivity contribution >= 4 is 11.8 Å². The fourth-order valence-corrected chi connectivity index (χ4v) is 4.99. The number of unbranched alkanes of at least 4 members (excludes halogenated alkanes) is 1. The molecular weight excluding hydrogens is 544 g/mol. The van der Waals surface area contributed by atoms with Gasteiger partial charge in [0, 0.05) is 36.5 Å². The SMILES string of the molecule is C=CC[C@]1(C(=O)NNCCCCc2ccccc2)N=C(c2ccc(OCCCO)cc2)O[C@H]1c1ccccc1CN=[N+]=[N-]. The number of aliphatic hydroxyl groups excluding tert-OH is 1. The summed E-state index contributed by atoms with van der Waals surface area (Å²) in [7, 11) is 0. The molecule has 0 spiro atoms. The van der Waals surface area contributed by atoms with Crippen LogP contribution in [-0.4, -0.2) is 42.2 Å². The van der Waals surface area contributed by atoms with Crippen LogP contribution in [0.1, 0.15) is 54.0 Å². The van der Waals surface area contributed by atoms with E-state index in [2.05, 4.69) is 39.6 Å². The molecule has 0 aliphatic carbocycles. The first kappa shape index (κ1) is 31.3. The fraction of sp³-hybridized carbons (Fsp3) is 0.333. The molecule has 0 aromatic heterocycles. The van der Waals surface area contributed by atoms with Crippen LogP contribution in [0.4, 0.5) is 0 Å². The van der Waals surface area contributed by atoms with Crippen LogP contribution in [0.2, 0.25) is 0 Å². The summed E-state index contributed by atoms with van der Waals surface area (Å²) >= 11 is 0. The Balaban J connectivity index is 1.56. The van der Waals surface area contributed by atoms with Crippen molar-refractivity contribution in [2.75, 3.05) is 19.8 Å². The molecule has 10 heteroatoms. The van der Waals surface area contributed by atoms with E-state index in [1.54, 1.807) is 18.2 Å². The third-order valence-electron chi connectivity index (χ3n) is 7.19. The van der Waals surface area contributed by atoms with Gasteiger partial charge in [0.2, 0.25) is 5.90 Å². The molecule has 0 fully saturated rings. The summed E-state index contributed by atoms with van der Waals surface area (Å²) in [4.78, 5) is 21.8. The van der Waals surface area contributed by atoms with Crippen molar-refractivity contribution in [1.29, 1.82) is 0 Å². The van der Waals surface area contributed by atoms with E-state index in [1.807, 2.05) is 54.6 Å². The summed E-state index contributed by atoms with van der Waals surface area (Å²) < 4.78 is 12.1. The first-order valence-electron chi connectivity index (χ1n) is 14.5. The molecular formula is C33H38N6O4. The normalized spacial score (nSPS) is 17.3. The van der Waals surface area contributed by atoms with E-state index in [1.165, 1.54) is 5.56 Å². The number of aliphatic hydroxyl groups is 1. The second-order valence-electron chi connectivity index (χ2n) is 10.2. The van der Waals surface area contributed by atoms with Gasteiger partial charge in [-0.3, -0.25) is 10.2 Å². The number of hydrogen-bond acceptors (Lipinski definition) is 7. The van der Waals surface area contributed by atoms with Gasteiger partial charge in [0.25, 0.3) is 5.91 Å². The largest absolute Gasteiger partial charge is 0.494 e. The highest BCUT2D eigenvalue weighted by molar-refractivity contribution is 6.01. The lowest BCUT2D eigenvalue weighted by Crippen LogP contribution is -2.52. The Morgan fingerprint density at radius 1 is 1.09 bits per heavy atom. The number of azide groups is 1. The summed E-state index contributed by atoms with van der Waals surface area (Å²) in [6, 6.07) is 25.0. The maximum atomic E-state index is 14.0. The van der Waals surface area contributed by atoms with E-state index in [9.17, 15) is 4.79 Å². The first-order valence-corrected chi connectivity index (χ1v) is 14.5. The maximum absolute atomic E-state index is 14.0. The summed E-state index contributed by atoms with van der Waals surface area (Å²) in [6.07, 6.45) is 4.43. The monoisotopic (exact) mass is 582 g/mol. The topological polar surface area (TPSA) is 141 Å². The molecule has 4 rings (SSSR count). The Morgan fingerprint density at radius 2 is 1.86 bits per heavy atom. The van der Waals surface area contributed by atoms with Gasteiger partial charge >= 0.3 is 0 Å². The molecule has 0 saturated heterocycles. The molecule has 0 unspecified atom stereocenters. The number of nitrogens with zero attached hydrogens (tertiary/aromatic N) is 4. The van der Waals surface area contributed by atoms with Crippen LogP contribution in [0.3, 0.4) is 0 Å². The zero-order valence-electron chi connectivity index (χ0n) is 24.2. The second-order valence-corrected chi connectivity index (χ2v) is 10.2. The van der Waals surface area contributed by atoms with Gasteiger partial charge in [-0.05, 0) is 65.7 Å². The number of ether oxygens (including phenoxy) is 2. The Morgan fingerprint density at radius 3 is 2.60 bits per heavy atom. The fourth-order valence-electron chi connectivity index (χ4n) is 4.99. The van der Waals surface area contributed by atoms with Crippen molar-refractivity contribution < 1.29 is 19.4 Å². The molecule has 0 saturated carbocycles. The van der Waals surface area contributed by atoms with Crippen LogP contribution in [0.25, 0.3) is 10.4 Å². The molecule has 2 atom stereocenters. The Labute approximate surface area is 252 Å². The molecule has 3 N–H and O–H groups in total. The average molecular weight is 583 g/mol. The lowest BCUT2D eigenvalue weighted by molar-refractivity contribution is -0.129. The standard InChI is InChI=1S/C33H38N6O4/c1-2-20-33(32(41)38-35-21-9-8-13-25-11-4-3-5-12-25)30(29-15-7-6-14-27(29)24-36-39-34)43-31(37-33)26-16-18-28(19-17-26)42-23-10-22-40/h2-7,11-12,14-19,30,35,40H,1,8-10,13,20-24H2,(H,38,41)/t30-,33-/m0/s1. The zero-order chi connectivity index (χ0) is 30.3. The van der Waals surface area contributed by atoms with Crippen LogP contribution >= 0.6 is 0 Å². The van der Waals surface area contributed by atoms with Gasteiger partial charge in [0.1, 0.15) is 5.75 Å². The molecule has 1 heterocycles. The smallest absolute Gasteiger partial charge is 0.266 e. The van der Waals surface area contributed by atoms with Crippen molar-refractivity contribution in [2.24, 2.45) is 10.1 Å². The van der Waals surface area contributed by atoms with Gasteiger partial charge < -0.3 is 14.6 Å². The van der Waals surface area contributed by atoms with E-state index in [-0.39, 0.29) is 25.5 Å². The summed E-state index contributed by atoms with van der Waals surface area (Å²) in [5.41, 5.74) is 17.0. The summed E-state index contributed by atoms with van der Waals surface area (Å²) in [6.45, 7) is 5.08. The van der Waals surface area contributed by atoms with Crippen molar-refractivity contribution in [3.8, 4) is 5.75 Å². The van der Waals surface area contributed by atoms with Gasteiger partial charge in [0.15, 0.2) is 11.6 Å². The molecule has 1 amide bonds. The van der Waals surface area contributed by atoms with E-state index >= 15 is 0 Å². The molecule has 224 valence electrons. The third-order valence-corrected chi connectivity index (χ3v) is 7.19. The predicted octanol–water partition coefficient (Wildman–Crippen LogP) is 5.73. The average Bonchev–Trinajstić information content (AvgIpc) is 3.43. The quantitative estimate of drug-likeness (QED) is 0.0465. The summed E-state index contributed by atoms with van der Waals surface area (Å²) in [5.74, 6) is 0.613. The maximum Gasteiger partial charge on any atom is 0.266 e. The summed E-state index contributed by atoms with van der Waals surface area (Å²) in [5, 5.41) is 12.8. The predicted molar refractivity (Wildman–Crippen MR) is 166 cm³/mol. The second kappa shape index (κ2) is 16.1. The number of hydrogen-bond donors (Lipinski definition) is 3. The van der Waals surface area contributed by atoms with Gasteiger partial charge in [-0.1, -0.05) is 65.8 Å². The van der Waals surface area contributed by atoms with Gasteiger partial charge in [-0.25, -0.2) is 10.4 Å². The van der Waals surface area contributed by atoms with Crippen LogP contribution in [0.15, 0.2) is 102 Å². The number of carbonyl (C=O) groups excluding carboxylic acids is 1. The molecule has 1 aliphatic rings. The number of benzene rings is 3. The first-order chi connectivity index (χ1) is 21.1. The number of nitrogens with one attached hydrogen (secondary N) is 2. The number of hydrazine groups is 1. The molecule has 10 nitrogen and oxygen atoms in total. The lowest BCUT2D eigenvalue weighted by Gasteiger charge is -2.30. The Hall–Kier alpha value is -4.63. The zero-order valence-corrected chi connectivity index (χ0v) is 24.2. The minimum absolute atomic E-state index is 0.0568. The molecule has 0 bridgehead atoms. The number of aryl methyl sites for hydroxylation is 1. The van der Waals surface area contributed by atoms with E-state index in [0.717, 1.165) is 24.8 Å². The molecule has 43 heavy (non-hydrogen) atoms. The van der Waals surface area contributed by atoms with Gasteiger partial charge in [-0.2, -0.15) is 0 Å². The third kappa shape index (κ3) is 8.23. The highest BCUT2D eigenvalue weighted by Crippen LogP contribution is 2.44. The van der Waals surface area contributed by atoms with Gasteiger partial charge in [-0.15, -0.1) is 6.58 Å². The Kier molecular flexibility index (Phi) is 11.7. The minimum Gasteiger partial charge on any atom is -0.494 e. The highest BCUT2D eigenvalue weighted by atomic mass is 16.5. The van der Waals surface area contributed by atoms with Crippen LogP contribution in [-0.2, 0) is 22.5 Å². The van der Waals surface area contributed by atoms with E-state index in [4.69, 9.17) is 25.1 Å². The Bertz CT molecular complexity index is 1420. The van der Waals surface area contributed by atoms with Crippen molar-refractivity contribution in [1.82, 2.24) is 10.9 Å². The molecule has 1 aliphatic heterocycles. The van der Waals surface area contributed by atoms with E-state index in [0.29, 0.717) is 42.3 Å². The van der Waals surface area contributed by atoms with E-state index < -0.39 is 11.6 Å². The molecule has 3 aromatic carbocycles. The molecule has 0 radical (unpaired) electrons. The number of amides is 1. The number of carbonyl (C=O) groups is 1. The van der Waals surface area contributed by atoms with Gasteiger partial charge in [0.05, 0.1) is 13.2 Å². The lowest BCUT2D eigenvalue weighted by atomic mass is 9.83. The van der Waals surface area contributed by atoms with Crippen molar-refractivity contribution in [3.63, 3.8) is 0 Å². The number of aliphatic imine (C=N–C) groups is 1.